The SMILES string of the molecule is CCOP(=O)(OCC)c1nc(Cc2ccc(Cl)cc2)oc1NCCc1ccccc1. The Hall–Kier alpha value is -2.11. The average molecular weight is 449 g/mol. The molecule has 1 N–H and O–H groups in total. The van der Waals surface area contributed by atoms with Gasteiger partial charge in [0.1, 0.15) is 0 Å². The lowest BCUT2D eigenvalue weighted by Crippen LogP contribution is -2.18. The lowest BCUT2D eigenvalue weighted by molar-refractivity contribution is 0.229. The van der Waals surface area contributed by atoms with Gasteiger partial charge in [0.15, 0.2) is 0 Å². The summed E-state index contributed by atoms with van der Waals surface area (Å²) in [5.74, 6) is 0.745. The zero-order valence-corrected chi connectivity index (χ0v) is 18.8. The van der Waals surface area contributed by atoms with Crippen molar-refractivity contribution in [2.45, 2.75) is 26.7 Å². The first-order valence-electron chi connectivity index (χ1n) is 9.95. The lowest BCUT2D eigenvalue weighted by atomic mass is 10.1. The highest BCUT2D eigenvalue weighted by Crippen LogP contribution is 2.48. The van der Waals surface area contributed by atoms with Crippen molar-refractivity contribution in [2.75, 3.05) is 25.1 Å². The number of aromatic nitrogens is 1. The summed E-state index contributed by atoms with van der Waals surface area (Å²) >= 11 is 5.96. The maximum Gasteiger partial charge on any atom is 0.385 e. The van der Waals surface area contributed by atoms with Crippen molar-refractivity contribution < 1.29 is 18.0 Å². The highest BCUT2D eigenvalue weighted by Gasteiger charge is 2.35. The molecule has 0 aliphatic carbocycles. The molecule has 1 heterocycles. The van der Waals surface area contributed by atoms with Gasteiger partial charge < -0.3 is 18.8 Å². The van der Waals surface area contributed by atoms with Gasteiger partial charge in [0, 0.05) is 18.0 Å². The van der Waals surface area contributed by atoms with Gasteiger partial charge in [-0.3, -0.25) is 4.57 Å². The van der Waals surface area contributed by atoms with E-state index in [2.05, 4.69) is 22.4 Å². The largest absolute Gasteiger partial charge is 0.424 e. The number of hydrogen-bond acceptors (Lipinski definition) is 6. The molecule has 0 unspecified atom stereocenters. The maximum atomic E-state index is 13.4. The number of oxazole rings is 1. The zero-order chi connectivity index (χ0) is 21.4. The van der Waals surface area contributed by atoms with Crippen LogP contribution in [0.4, 0.5) is 5.88 Å². The molecule has 0 atom stereocenters. The summed E-state index contributed by atoms with van der Waals surface area (Å²) < 4.78 is 30.3. The summed E-state index contributed by atoms with van der Waals surface area (Å²) in [6, 6.07) is 17.5. The molecule has 160 valence electrons. The van der Waals surface area contributed by atoms with E-state index in [9.17, 15) is 4.57 Å². The molecular formula is C22H26ClN2O4P. The Balaban J connectivity index is 1.84. The predicted molar refractivity (Wildman–Crippen MR) is 120 cm³/mol. The van der Waals surface area contributed by atoms with Gasteiger partial charge in [0.25, 0.3) is 0 Å². The molecule has 0 saturated carbocycles. The van der Waals surface area contributed by atoms with Crippen LogP contribution in [0, 0.1) is 0 Å². The molecule has 0 spiro atoms. The molecular weight excluding hydrogens is 423 g/mol. The van der Waals surface area contributed by atoms with E-state index in [1.165, 1.54) is 5.56 Å². The van der Waals surface area contributed by atoms with Crippen LogP contribution in [0.3, 0.4) is 0 Å². The fourth-order valence-electron chi connectivity index (χ4n) is 2.97. The predicted octanol–water partition coefficient (Wildman–Crippen LogP) is 5.46. The molecule has 8 heteroatoms. The summed E-state index contributed by atoms with van der Waals surface area (Å²) in [5, 5.41) is 3.88. The molecule has 0 aliphatic rings. The first-order chi connectivity index (χ1) is 14.5. The molecule has 2 aromatic carbocycles. The summed E-state index contributed by atoms with van der Waals surface area (Å²) in [6.45, 7) is 4.59. The van der Waals surface area contributed by atoms with E-state index in [1.807, 2.05) is 42.5 Å². The van der Waals surface area contributed by atoms with Crippen LogP contribution >= 0.6 is 19.2 Å². The third kappa shape index (κ3) is 5.96. The number of benzene rings is 2. The zero-order valence-electron chi connectivity index (χ0n) is 17.1. The monoisotopic (exact) mass is 448 g/mol. The van der Waals surface area contributed by atoms with Crippen LogP contribution in [0.2, 0.25) is 5.02 Å². The molecule has 6 nitrogen and oxygen atoms in total. The standard InChI is InChI=1S/C22H26ClN2O4P/c1-3-27-30(26,28-4-2)22-21(24-15-14-17-8-6-5-7-9-17)29-20(25-22)16-18-10-12-19(23)13-11-18/h5-13,24H,3-4,14-16H2,1-2H3. The van der Waals surface area contributed by atoms with Crippen molar-refractivity contribution in [3.63, 3.8) is 0 Å². The summed E-state index contributed by atoms with van der Waals surface area (Å²) in [7, 11) is -3.60. The molecule has 30 heavy (non-hydrogen) atoms. The summed E-state index contributed by atoms with van der Waals surface area (Å²) in [5.41, 5.74) is 2.35. The fraction of sp³-hybridized carbons (Fsp3) is 0.318. The van der Waals surface area contributed by atoms with Crippen LogP contribution in [0.5, 0.6) is 0 Å². The smallest absolute Gasteiger partial charge is 0.385 e. The van der Waals surface area contributed by atoms with Crippen LogP contribution in [0.15, 0.2) is 59.0 Å². The molecule has 1 aromatic heterocycles. The minimum atomic E-state index is -3.60. The number of anilines is 1. The minimum absolute atomic E-state index is 0.184. The van der Waals surface area contributed by atoms with E-state index in [1.54, 1.807) is 13.8 Å². The van der Waals surface area contributed by atoms with Crippen molar-refractivity contribution in [3.05, 3.63) is 76.6 Å². The second kappa shape index (κ2) is 10.8. The molecule has 3 rings (SSSR count). The Morgan fingerprint density at radius 1 is 1.00 bits per heavy atom. The maximum absolute atomic E-state index is 13.4. The molecule has 0 fully saturated rings. The van der Waals surface area contributed by atoms with Gasteiger partial charge in [-0.25, -0.2) is 4.98 Å². The van der Waals surface area contributed by atoms with E-state index in [4.69, 9.17) is 25.1 Å². The van der Waals surface area contributed by atoms with Crippen molar-refractivity contribution >= 4 is 30.5 Å². The second-order valence-corrected chi connectivity index (χ2v) is 8.93. The van der Waals surface area contributed by atoms with Crippen molar-refractivity contribution in [1.29, 1.82) is 0 Å². The van der Waals surface area contributed by atoms with E-state index < -0.39 is 7.60 Å². The first kappa shape index (κ1) is 22.6. The normalized spacial score (nSPS) is 11.6. The fourth-order valence-corrected chi connectivity index (χ4v) is 4.71. The van der Waals surface area contributed by atoms with Gasteiger partial charge in [-0.2, -0.15) is 0 Å². The van der Waals surface area contributed by atoms with Crippen LogP contribution < -0.4 is 10.8 Å². The Kier molecular flexibility index (Phi) is 8.11. The van der Waals surface area contributed by atoms with E-state index in [0.717, 1.165) is 12.0 Å². The summed E-state index contributed by atoms with van der Waals surface area (Å²) in [4.78, 5) is 4.49. The van der Waals surface area contributed by atoms with Crippen molar-refractivity contribution in [3.8, 4) is 0 Å². The highest BCUT2D eigenvalue weighted by molar-refractivity contribution is 7.62. The van der Waals surface area contributed by atoms with Crippen LogP contribution in [-0.4, -0.2) is 24.7 Å². The van der Waals surface area contributed by atoms with Gasteiger partial charge in [-0.15, -0.1) is 0 Å². The topological polar surface area (TPSA) is 73.6 Å². The van der Waals surface area contributed by atoms with Gasteiger partial charge >= 0.3 is 7.60 Å². The summed E-state index contributed by atoms with van der Waals surface area (Å²) in [6.07, 6.45) is 1.21. The first-order valence-corrected chi connectivity index (χ1v) is 11.9. The quantitative estimate of drug-likeness (QED) is 0.392. The van der Waals surface area contributed by atoms with Crippen LogP contribution in [0.1, 0.15) is 30.9 Å². The Morgan fingerprint density at radius 3 is 2.30 bits per heavy atom. The third-order valence-electron chi connectivity index (χ3n) is 4.32. The molecule has 0 aliphatic heterocycles. The highest BCUT2D eigenvalue weighted by atomic mass is 35.5. The van der Waals surface area contributed by atoms with Gasteiger partial charge in [-0.05, 0) is 43.5 Å². The molecule has 0 radical (unpaired) electrons. The van der Waals surface area contributed by atoms with E-state index in [-0.39, 0.29) is 18.6 Å². The van der Waals surface area contributed by atoms with Crippen LogP contribution in [0.25, 0.3) is 0 Å². The Morgan fingerprint density at radius 2 is 1.67 bits per heavy atom. The molecule has 3 aromatic rings. The molecule has 0 amide bonds. The minimum Gasteiger partial charge on any atom is -0.424 e. The van der Waals surface area contributed by atoms with Gasteiger partial charge in [0.2, 0.25) is 17.2 Å². The number of hydrogen-bond donors (Lipinski definition) is 1. The number of halogens is 1. The molecule has 0 bridgehead atoms. The Labute approximate surface area is 182 Å². The van der Waals surface area contributed by atoms with Crippen molar-refractivity contribution in [1.82, 2.24) is 4.98 Å². The third-order valence-corrected chi connectivity index (χ3v) is 6.59. The molecule has 0 saturated heterocycles. The van der Waals surface area contributed by atoms with Crippen molar-refractivity contribution in [2.24, 2.45) is 0 Å². The number of nitrogens with one attached hydrogen (secondary N) is 1. The van der Waals surface area contributed by atoms with E-state index in [0.29, 0.717) is 29.8 Å². The van der Waals surface area contributed by atoms with E-state index >= 15 is 0 Å². The average Bonchev–Trinajstić information content (AvgIpc) is 3.14. The van der Waals surface area contributed by atoms with Gasteiger partial charge in [-0.1, -0.05) is 54.1 Å². The number of rotatable bonds is 11. The van der Waals surface area contributed by atoms with Gasteiger partial charge in [0.05, 0.1) is 13.2 Å². The Bertz CT molecular complexity index is 967. The second-order valence-electron chi connectivity index (χ2n) is 6.56. The lowest BCUT2D eigenvalue weighted by Gasteiger charge is -2.15. The van der Waals surface area contributed by atoms with Crippen LogP contribution in [-0.2, 0) is 26.5 Å². The number of nitrogens with zero attached hydrogens (tertiary/aromatic N) is 1.